The number of rotatable bonds is 5. The van der Waals surface area contributed by atoms with Crippen LogP contribution in [0.15, 0.2) is 47.1 Å². The van der Waals surface area contributed by atoms with Crippen LogP contribution in [0.2, 0.25) is 0 Å². The molecule has 1 saturated heterocycles. The van der Waals surface area contributed by atoms with Gasteiger partial charge in [-0.05, 0) is 43.6 Å². The van der Waals surface area contributed by atoms with Crippen molar-refractivity contribution in [2.75, 3.05) is 13.1 Å². The molecule has 154 valence electrons. The van der Waals surface area contributed by atoms with Crippen molar-refractivity contribution in [3.8, 4) is 17.5 Å². The van der Waals surface area contributed by atoms with Crippen molar-refractivity contribution in [2.45, 2.75) is 25.3 Å². The van der Waals surface area contributed by atoms with E-state index < -0.39 is 4.92 Å². The fourth-order valence-corrected chi connectivity index (χ4v) is 5.04. The smallest absolute Gasteiger partial charge is 0.269 e. The lowest BCUT2D eigenvalue weighted by atomic mass is 10.00. The lowest BCUT2D eigenvalue weighted by Crippen LogP contribution is -2.34. The average molecular weight is 425 g/mol. The molecule has 1 aliphatic heterocycles. The van der Waals surface area contributed by atoms with Gasteiger partial charge in [-0.2, -0.15) is 9.50 Å². The Labute approximate surface area is 175 Å². The molecule has 4 heterocycles. The van der Waals surface area contributed by atoms with E-state index in [9.17, 15) is 15.2 Å². The summed E-state index contributed by atoms with van der Waals surface area (Å²) in [7, 11) is 0. The number of non-ortho nitro benzene ring substituents is 1. The fourth-order valence-electron chi connectivity index (χ4n) is 3.92. The molecular weight excluding hydrogens is 406 g/mol. The third-order valence-electron chi connectivity index (χ3n) is 5.37. The SMILES string of the molecule is O=[N+]([O-])c1ccc([C@H](c2sc3nc(-c4ccco4)nn3c2O)N2CCCCC2)cc1. The minimum absolute atomic E-state index is 0.0363. The molecule has 0 unspecified atom stereocenters. The third kappa shape index (κ3) is 3.23. The van der Waals surface area contributed by atoms with Gasteiger partial charge in [0.05, 0.1) is 22.1 Å². The van der Waals surface area contributed by atoms with E-state index in [4.69, 9.17) is 4.42 Å². The van der Waals surface area contributed by atoms with Crippen LogP contribution >= 0.6 is 11.3 Å². The second kappa shape index (κ2) is 7.54. The highest BCUT2D eigenvalue weighted by molar-refractivity contribution is 7.17. The molecule has 0 bridgehead atoms. The number of nitro benzene ring substituents is 1. The molecular formula is C20H19N5O4S. The molecule has 30 heavy (non-hydrogen) atoms. The summed E-state index contributed by atoms with van der Waals surface area (Å²) in [6.45, 7) is 1.79. The summed E-state index contributed by atoms with van der Waals surface area (Å²) in [5.74, 6) is 0.988. The summed E-state index contributed by atoms with van der Waals surface area (Å²) >= 11 is 1.37. The number of hydrogen-bond donors (Lipinski definition) is 1. The Balaban J connectivity index is 1.58. The van der Waals surface area contributed by atoms with E-state index >= 15 is 0 Å². The number of aromatic nitrogens is 3. The minimum Gasteiger partial charge on any atom is -0.492 e. The molecule has 1 aromatic carbocycles. The molecule has 0 aliphatic carbocycles. The molecule has 5 rings (SSSR count). The Hall–Kier alpha value is -3.24. The van der Waals surface area contributed by atoms with E-state index in [-0.39, 0.29) is 17.6 Å². The van der Waals surface area contributed by atoms with Gasteiger partial charge in [0.1, 0.15) is 0 Å². The second-order valence-corrected chi connectivity index (χ2v) is 8.25. The lowest BCUT2D eigenvalue weighted by molar-refractivity contribution is -0.384. The minimum atomic E-state index is -0.406. The first-order chi connectivity index (χ1) is 14.6. The van der Waals surface area contributed by atoms with Crippen LogP contribution in [0.3, 0.4) is 0 Å². The zero-order valence-corrected chi connectivity index (χ0v) is 16.8. The van der Waals surface area contributed by atoms with Crippen LogP contribution in [0, 0.1) is 10.1 Å². The molecule has 3 aromatic heterocycles. The number of furan rings is 1. The van der Waals surface area contributed by atoms with Crippen LogP contribution in [0.25, 0.3) is 16.5 Å². The Bertz CT molecular complexity index is 1180. The first-order valence-corrected chi connectivity index (χ1v) is 10.5. The molecule has 1 fully saturated rings. The molecule has 1 atom stereocenters. The van der Waals surface area contributed by atoms with Gasteiger partial charge in [-0.3, -0.25) is 15.0 Å². The highest BCUT2D eigenvalue weighted by Gasteiger charge is 2.31. The summed E-state index contributed by atoms with van der Waals surface area (Å²) in [6, 6.07) is 9.86. The highest BCUT2D eigenvalue weighted by atomic mass is 32.1. The zero-order valence-electron chi connectivity index (χ0n) is 16.0. The van der Waals surface area contributed by atoms with Crippen molar-refractivity contribution in [3.05, 3.63) is 63.2 Å². The van der Waals surface area contributed by atoms with Crippen molar-refractivity contribution in [1.29, 1.82) is 0 Å². The van der Waals surface area contributed by atoms with Crippen LogP contribution in [0.5, 0.6) is 5.88 Å². The van der Waals surface area contributed by atoms with Crippen molar-refractivity contribution < 1.29 is 14.4 Å². The van der Waals surface area contributed by atoms with Crippen molar-refractivity contribution in [1.82, 2.24) is 19.5 Å². The van der Waals surface area contributed by atoms with Gasteiger partial charge in [-0.1, -0.05) is 29.9 Å². The van der Waals surface area contributed by atoms with Gasteiger partial charge in [-0.15, -0.1) is 5.10 Å². The Morgan fingerprint density at radius 2 is 1.93 bits per heavy atom. The molecule has 9 nitrogen and oxygen atoms in total. The van der Waals surface area contributed by atoms with Gasteiger partial charge < -0.3 is 9.52 Å². The molecule has 1 N–H and O–H groups in total. The first kappa shape index (κ1) is 18.8. The summed E-state index contributed by atoms with van der Waals surface area (Å²) < 4.78 is 6.78. The largest absolute Gasteiger partial charge is 0.492 e. The van der Waals surface area contributed by atoms with Crippen molar-refractivity contribution >= 4 is 22.0 Å². The number of nitrogens with zero attached hydrogens (tertiary/aromatic N) is 5. The summed E-state index contributed by atoms with van der Waals surface area (Å²) in [5.41, 5.74) is 0.944. The zero-order chi connectivity index (χ0) is 20.7. The van der Waals surface area contributed by atoms with Gasteiger partial charge in [0.2, 0.25) is 16.7 Å². The second-order valence-electron chi connectivity index (χ2n) is 7.24. The van der Waals surface area contributed by atoms with Gasteiger partial charge in [0, 0.05) is 12.1 Å². The number of likely N-dealkylation sites (tertiary alicyclic amines) is 1. The van der Waals surface area contributed by atoms with Crippen molar-refractivity contribution in [3.63, 3.8) is 0 Å². The standard InChI is InChI=1S/C20H19N5O4S/c26-19-17(30-20-21-18(22-24(19)20)15-5-4-12-29-15)16(23-10-2-1-3-11-23)13-6-8-14(9-7-13)25(27)28/h4-9,12,16,26H,1-3,10-11H2/t16-/m1/s1. The van der Waals surface area contributed by atoms with E-state index in [1.165, 1.54) is 34.4 Å². The molecule has 4 aromatic rings. The van der Waals surface area contributed by atoms with Crippen LogP contribution in [0.4, 0.5) is 5.69 Å². The molecule has 0 radical (unpaired) electrons. The Morgan fingerprint density at radius 1 is 1.17 bits per heavy atom. The maximum Gasteiger partial charge on any atom is 0.269 e. The molecule has 0 spiro atoms. The first-order valence-electron chi connectivity index (χ1n) is 9.72. The van der Waals surface area contributed by atoms with E-state index in [2.05, 4.69) is 15.0 Å². The number of piperidine rings is 1. The molecule has 0 amide bonds. The predicted molar refractivity (Wildman–Crippen MR) is 111 cm³/mol. The Kier molecular flexibility index (Phi) is 4.72. The van der Waals surface area contributed by atoms with Crippen LogP contribution < -0.4 is 0 Å². The van der Waals surface area contributed by atoms with Crippen LogP contribution in [0.1, 0.15) is 35.7 Å². The number of nitro groups is 1. The quantitative estimate of drug-likeness (QED) is 0.376. The third-order valence-corrected chi connectivity index (χ3v) is 6.44. The van der Waals surface area contributed by atoms with Gasteiger partial charge in [-0.25, -0.2) is 0 Å². The molecule has 1 aliphatic rings. The lowest BCUT2D eigenvalue weighted by Gasteiger charge is -2.34. The average Bonchev–Trinajstić information content (AvgIpc) is 3.49. The van der Waals surface area contributed by atoms with Gasteiger partial charge in [0.25, 0.3) is 5.69 Å². The highest BCUT2D eigenvalue weighted by Crippen LogP contribution is 2.41. The monoisotopic (exact) mass is 425 g/mol. The van der Waals surface area contributed by atoms with E-state index in [1.807, 2.05) is 0 Å². The number of fused-ring (bicyclic) bond motifs is 1. The number of aromatic hydroxyl groups is 1. The number of benzene rings is 1. The molecule has 10 heteroatoms. The number of thiazole rings is 1. The molecule has 0 saturated carbocycles. The van der Waals surface area contributed by atoms with E-state index in [0.29, 0.717) is 16.5 Å². The van der Waals surface area contributed by atoms with Crippen LogP contribution in [-0.4, -0.2) is 42.6 Å². The maximum absolute atomic E-state index is 11.0. The summed E-state index contributed by atoms with van der Waals surface area (Å²) in [4.78, 5) is 18.8. The normalized spacial score (nSPS) is 16.1. The predicted octanol–water partition coefficient (Wildman–Crippen LogP) is 4.24. The Morgan fingerprint density at radius 3 is 2.57 bits per heavy atom. The summed E-state index contributed by atoms with van der Waals surface area (Å²) in [6.07, 6.45) is 4.88. The van der Waals surface area contributed by atoms with Crippen LogP contribution in [-0.2, 0) is 0 Å². The van der Waals surface area contributed by atoms with Gasteiger partial charge >= 0.3 is 0 Å². The number of hydrogen-bond acceptors (Lipinski definition) is 8. The van der Waals surface area contributed by atoms with E-state index in [0.717, 1.165) is 36.4 Å². The maximum atomic E-state index is 11.0. The van der Waals surface area contributed by atoms with Gasteiger partial charge in [0.15, 0.2) is 5.76 Å². The topological polar surface area (TPSA) is 110 Å². The summed E-state index contributed by atoms with van der Waals surface area (Å²) in [5, 5.41) is 26.5. The van der Waals surface area contributed by atoms with Crippen molar-refractivity contribution in [2.24, 2.45) is 0 Å². The fraction of sp³-hybridized carbons (Fsp3) is 0.300. The van der Waals surface area contributed by atoms with E-state index in [1.54, 1.807) is 30.5 Å².